The summed E-state index contributed by atoms with van der Waals surface area (Å²) in [6, 6.07) is 14.3. The van der Waals surface area contributed by atoms with Gasteiger partial charge in [-0.3, -0.25) is 4.79 Å². The average molecular weight is 416 g/mol. The van der Waals surface area contributed by atoms with E-state index in [0.29, 0.717) is 32.4 Å². The standard InChI is InChI=1S/C20H16BClFNO3S/c22-18-10-15(19(25)9-13-5-7-16(23)8-6-13)11-24-20(18)28-12-14-3-1-2-4-17(14)21(26)27/h1-8,10-11,26-27H,9,12H2. The largest absolute Gasteiger partial charge is 0.488 e. The number of carbonyl (C=O) groups is 1. The molecule has 0 atom stereocenters. The van der Waals surface area contributed by atoms with Crippen molar-refractivity contribution in [3.63, 3.8) is 0 Å². The number of thioether (sulfide) groups is 1. The Morgan fingerprint density at radius 3 is 2.54 bits per heavy atom. The van der Waals surface area contributed by atoms with Crippen molar-refractivity contribution in [2.24, 2.45) is 0 Å². The number of Topliss-reactive ketones (excluding diaryl/α,β-unsaturated/α-hetero) is 1. The minimum atomic E-state index is -1.55. The number of hydrogen-bond donors (Lipinski definition) is 2. The van der Waals surface area contributed by atoms with Crippen molar-refractivity contribution in [2.75, 3.05) is 0 Å². The number of halogens is 2. The number of aromatic nitrogens is 1. The summed E-state index contributed by atoms with van der Waals surface area (Å²) in [6.45, 7) is 0. The summed E-state index contributed by atoms with van der Waals surface area (Å²) in [5.41, 5.74) is 2.28. The van der Waals surface area contributed by atoms with Crippen LogP contribution in [0.2, 0.25) is 5.02 Å². The molecule has 28 heavy (non-hydrogen) atoms. The Kier molecular flexibility index (Phi) is 6.85. The van der Waals surface area contributed by atoms with E-state index in [1.165, 1.54) is 30.1 Å². The molecule has 0 bridgehead atoms. The number of nitrogens with zero attached hydrogens (tertiary/aromatic N) is 1. The molecule has 0 spiro atoms. The molecule has 0 unspecified atom stereocenters. The average Bonchev–Trinajstić information content (AvgIpc) is 2.69. The molecule has 8 heteroatoms. The molecule has 142 valence electrons. The summed E-state index contributed by atoms with van der Waals surface area (Å²) < 4.78 is 13.0. The smallest absolute Gasteiger partial charge is 0.423 e. The van der Waals surface area contributed by atoms with Gasteiger partial charge in [-0.2, -0.15) is 0 Å². The second kappa shape index (κ2) is 9.34. The van der Waals surface area contributed by atoms with Gasteiger partial charge < -0.3 is 10.0 Å². The monoisotopic (exact) mass is 415 g/mol. The Labute approximate surface area is 171 Å². The fourth-order valence-corrected chi connectivity index (χ4v) is 3.85. The normalized spacial score (nSPS) is 10.7. The first-order valence-electron chi connectivity index (χ1n) is 8.44. The maximum atomic E-state index is 13.0. The van der Waals surface area contributed by atoms with Crippen LogP contribution in [0.1, 0.15) is 21.5 Å². The van der Waals surface area contributed by atoms with E-state index in [9.17, 15) is 19.2 Å². The van der Waals surface area contributed by atoms with E-state index in [1.54, 1.807) is 36.4 Å². The predicted octanol–water partition coefficient (Wildman–Crippen LogP) is 3.27. The van der Waals surface area contributed by atoms with Crippen molar-refractivity contribution in [3.8, 4) is 0 Å². The van der Waals surface area contributed by atoms with Crippen LogP contribution >= 0.6 is 23.4 Å². The first kappa shape index (κ1) is 20.5. The van der Waals surface area contributed by atoms with Crippen LogP contribution in [0, 0.1) is 5.82 Å². The van der Waals surface area contributed by atoms with Gasteiger partial charge >= 0.3 is 7.12 Å². The van der Waals surface area contributed by atoms with Crippen LogP contribution in [0.5, 0.6) is 0 Å². The molecule has 0 saturated carbocycles. The molecule has 4 nitrogen and oxygen atoms in total. The van der Waals surface area contributed by atoms with Crippen molar-refractivity contribution in [2.45, 2.75) is 17.2 Å². The van der Waals surface area contributed by atoms with E-state index in [-0.39, 0.29) is 18.0 Å². The molecule has 0 amide bonds. The molecule has 0 aliphatic rings. The van der Waals surface area contributed by atoms with Crippen molar-refractivity contribution < 1.29 is 19.2 Å². The van der Waals surface area contributed by atoms with Crippen molar-refractivity contribution >= 4 is 41.7 Å². The zero-order chi connectivity index (χ0) is 20.1. The van der Waals surface area contributed by atoms with Gasteiger partial charge in [0.25, 0.3) is 0 Å². The quantitative estimate of drug-likeness (QED) is 0.352. The Bertz CT molecular complexity index is 985. The minimum Gasteiger partial charge on any atom is -0.423 e. The Morgan fingerprint density at radius 1 is 1.14 bits per heavy atom. The highest BCUT2D eigenvalue weighted by Crippen LogP contribution is 2.28. The predicted molar refractivity (Wildman–Crippen MR) is 110 cm³/mol. The molecule has 0 saturated heterocycles. The molecule has 0 fully saturated rings. The Hall–Kier alpha value is -2.19. The van der Waals surface area contributed by atoms with Gasteiger partial charge in [0.2, 0.25) is 0 Å². The maximum absolute atomic E-state index is 13.0. The number of ketones is 1. The van der Waals surface area contributed by atoms with Crippen LogP contribution in [-0.2, 0) is 12.2 Å². The van der Waals surface area contributed by atoms with Gasteiger partial charge in [-0.1, -0.05) is 48.0 Å². The lowest BCUT2D eigenvalue weighted by molar-refractivity contribution is 0.0992. The van der Waals surface area contributed by atoms with Gasteiger partial charge in [-0.05, 0) is 34.8 Å². The van der Waals surface area contributed by atoms with Gasteiger partial charge in [0.05, 0.1) is 5.02 Å². The first-order chi connectivity index (χ1) is 13.4. The minimum absolute atomic E-state index is 0.131. The molecule has 0 radical (unpaired) electrons. The van der Waals surface area contributed by atoms with Crippen LogP contribution < -0.4 is 5.46 Å². The van der Waals surface area contributed by atoms with E-state index >= 15 is 0 Å². The lowest BCUT2D eigenvalue weighted by Gasteiger charge is -2.09. The van der Waals surface area contributed by atoms with E-state index in [0.717, 1.165) is 5.56 Å². The number of hydrogen-bond acceptors (Lipinski definition) is 5. The number of pyridine rings is 1. The molecule has 3 aromatic rings. The third-order valence-electron chi connectivity index (χ3n) is 4.10. The summed E-state index contributed by atoms with van der Waals surface area (Å²) in [6.07, 6.45) is 1.60. The second-order valence-electron chi connectivity index (χ2n) is 6.10. The second-order valence-corrected chi connectivity index (χ2v) is 7.47. The Morgan fingerprint density at radius 2 is 1.86 bits per heavy atom. The maximum Gasteiger partial charge on any atom is 0.488 e. The molecular weight excluding hydrogens is 400 g/mol. The topological polar surface area (TPSA) is 70.4 Å². The molecule has 0 aliphatic heterocycles. The van der Waals surface area contributed by atoms with Gasteiger partial charge in [0.15, 0.2) is 5.78 Å². The van der Waals surface area contributed by atoms with Crippen molar-refractivity contribution in [3.05, 3.63) is 88.3 Å². The lowest BCUT2D eigenvalue weighted by Crippen LogP contribution is -2.32. The number of carbonyl (C=O) groups excluding carboxylic acids is 1. The highest BCUT2D eigenvalue weighted by atomic mass is 35.5. The van der Waals surface area contributed by atoms with Crippen molar-refractivity contribution in [1.29, 1.82) is 0 Å². The Balaban J connectivity index is 1.69. The summed E-state index contributed by atoms with van der Waals surface area (Å²) in [5, 5.41) is 19.8. The zero-order valence-electron chi connectivity index (χ0n) is 14.7. The van der Waals surface area contributed by atoms with Crippen LogP contribution in [0.15, 0.2) is 65.8 Å². The SMILES string of the molecule is O=C(Cc1ccc(F)cc1)c1cnc(SCc2ccccc2B(O)O)c(Cl)c1. The lowest BCUT2D eigenvalue weighted by atomic mass is 9.77. The molecule has 0 aliphatic carbocycles. The van der Waals surface area contributed by atoms with Gasteiger partial charge in [-0.15, -0.1) is 11.8 Å². The number of rotatable bonds is 7. The molecule has 2 aromatic carbocycles. The number of benzene rings is 2. The highest BCUT2D eigenvalue weighted by Gasteiger charge is 2.16. The molecule has 1 aromatic heterocycles. The zero-order valence-corrected chi connectivity index (χ0v) is 16.3. The molecule has 2 N–H and O–H groups in total. The van der Waals surface area contributed by atoms with Crippen LogP contribution in [0.3, 0.4) is 0 Å². The fraction of sp³-hybridized carbons (Fsp3) is 0.100. The van der Waals surface area contributed by atoms with Crippen LogP contribution in [0.4, 0.5) is 4.39 Å². The van der Waals surface area contributed by atoms with E-state index in [1.807, 2.05) is 6.07 Å². The molecule has 3 rings (SSSR count). The summed E-state index contributed by atoms with van der Waals surface area (Å²) >= 11 is 7.62. The van der Waals surface area contributed by atoms with Crippen molar-refractivity contribution in [1.82, 2.24) is 4.98 Å². The van der Waals surface area contributed by atoms with Crippen LogP contribution in [-0.4, -0.2) is 27.9 Å². The molecular formula is C20H16BClFNO3S. The third kappa shape index (κ3) is 5.20. The van der Waals surface area contributed by atoms with Gasteiger partial charge in [0.1, 0.15) is 10.8 Å². The fourth-order valence-electron chi connectivity index (χ4n) is 2.64. The summed E-state index contributed by atoms with van der Waals surface area (Å²) in [5.74, 6) is -0.0625. The van der Waals surface area contributed by atoms with E-state index < -0.39 is 7.12 Å². The highest BCUT2D eigenvalue weighted by molar-refractivity contribution is 7.98. The van der Waals surface area contributed by atoms with Crippen LogP contribution in [0.25, 0.3) is 0 Å². The van der Waals surface area contributed by atoms with Gasteiger partial charge in [-0.25, -0.2) is 9.37 Å². The van der Waals surface area contributed by atoms with E-state index in [4.69, 9.17) is 11.6 Å². The van der Waals surface area contributed by atoms with Gasteiger partial charge in [0, 0.05) is 23.9 Å². The summed E-state index contributed by atoms with van der Waals surface area (Å²) in [7, 11) is -1.55. The first-order valence-corrected chi connectivity index (χ1v) is 9.80. The molecule has 1 heterocycles. The van der Waals surface area contributed by atoms with E-state index in [2.05, 4.69) is 4.98 Å². The summed E-state index contributed by atoms with van der Waals surface area (Å²) in [4.78, 5) is 16.7. The third-order valence-corrected chi connectivity index (χ3v) is 5.56.